The molecule has 10 heteroatoms. The Labute approximate surface area is 164 Å². The lowest BCUT2D eigenvalue weighted by molar-refractivity contribution is -0.0769. The Hall–Kier alpha value is -2.27. The standard InChI is InChI=1S/C17H20BrN5O4/c1-25-7-8-27-17-21-13(19)12-14(22-17)23(16(18)20-12)9-10-3-5-11(6-4-10)15(24)26-2/h3-6,15,24H,7-9H2,1-2H3,(H2,19,21,22). The molecule has 0 fully saturated rings. The summed E-state index contributed by atoms with van der Waals surface area (Å²) in [6.45, 7) is 1.23. The topological polar surface area (TPSA) is 118 Å². The molecule has 0 aliphatic carbocycles. The maximum absolute atomic E-state index is 9.71. The highest BCUT2D eigenvalue weighted by molar-refractivity contribution is 9.10. The lowest BCUT2D eigenvalue weighted by atomic mass is 10.1. The number of aromatic nitrogens is 4. The number of halogens is 1. The van der Waals surface area contributed by atoms with Gasteiger partial charge in [0, 0.05) is 19.8 Å². The summed E-state index contributed by atoms with van der Waals surface area (Å²) in [5.41, 5.74) is 8.72. The molecule has 0 saturated heterocycles. The van der Waals surface area contributed by atoms with Crippen LogP contribution in [0.15, 0.2) is 29.0 Å². The van der Waals surface area contributed by atoms with E-state index in [1.54, 1.807) is 19.2 Å². The Morgan fingerprint density at radius 1 is 1.15 bits per heavy atom. The van der Waals surface area contributed by atoms with Crippen LogP contribution in [-0.4, -0.2) is 52.1 Å². The molecule has 0 aliphatic rings. The predicted octanol–water partition coefficient (Wildman–Crippen LogP) is 1.88. The number of imidazole rings is 1. The SMILES string of the molecule is COCCOc1nc(N)c2nc(Br)n(Cc3ccc(C(O)OC)cc3)c2n1. The third-order valence-corrected chi connectivity index (χ3v) is 4.51. The summed E-state index contributed by atoms with van der Waals surface area (Å²) in [7, 11) is 3.04. The molecule has 0 bridgehead atoms. The summed E-state index contributed by atoms with van der Waals surface area (Å²) in [5.74, 6) is 0.241. The van der Waals surface area contributed by atoms with E-state index in [-0.39, 0.29) is 11.8 Å². The summed E-state index contributed by atoms with van der Waals surface area (Å²) < 4.78 is 17.8. The summed E-state index contributed by atoms with van der Waals surface area (Å²) >= 11 is 3.45. The van der Waals surface area contributed by atoms with E-state index in [1.807, 2.05) is 16.7 Å². The van der Waals surface area contributed by atoms with E-state index >= 15 is 0 Å². The van der Waals surface area contributed by atoms with E-state index < -0.39 is 6.29 Å². The first-order chi connectivity index (χ1) is 13.0. The van der Waals surface area contributed by atoms with Gasteiger partial charge in [0.2, 0.25) is 0 Å². The Bertz CT molecular complexity index is 916. The Morgan fingerprint density at radius 3 is 2.56 bits per heavy atom. The number of methoxy groups -OCH3 is 2. The van der Waals surface area contributed by atoms with Gasteiger partial charge in [-0.05, 0) is 21.5 Å². The highest BCUT2D eigenvalue weighted by atomic mass is 79.9. The van der Waals surface area contributed by atoms with Gasteiger partial charge in [0.05, 0.1) is 13.2 Å². The number of aliphatic hydroxyl groups is 1. The molecule has 0 saturated carbocycles. The minimum absolute atomic E-state index is 0.171. The fourth-order valence-corrected chi connectivity index (χ4v) is 2.97. The Morgan fingerprint density at radius 2 is 1.89 bits per heavy atom. The van der Waals surface area contributed by atoms with E-state index in [2.05, 4.69) is 30.9 Å². The predicted molar refractivity (Wildman–Crippen MR) is 102 cm³/mol. The number of ether oxygens (including phenoxy) is 3. The smallest absolute Gasteiger partial charge is 0.320 e. The van der Waals surface area contributed by atoms with Crippen molar-refractivity contribution < 1.29 is 19.3 Å². The van der Waals surface area contributed by atoms with Crippen LogP contribution in [0.5, 0.6) is 6.01 Å². The average molecular weight is 438 g/mol. The molecule has 0 amide bonds. The van der Waals surface area contributed by atoms with Gasteiger partial charge in [-0.3, -0.25) is 4.57 Å². The lowest BCUT2D eigenvalue weighted by Gasteiger charge is -2.11. The Kier molecular flexibility index (Phi) is 6.22. The van der Waals surface area contributed by atoms with Crippen molar-refractivity contribution in [2.45, 2.75) is 12.8 Å². The van der Waals surface area contributed by atoms with Crippen LogP contribution in [0.3, 0.4) is 0 Å². The molecule has 2 aromatic heterocycles. The molecule has 0 aliphatic heterocycles. The van der Waals surface area contributed by atoms with Crippen LogP contribution in [0, 0.1) is 0 Å². The van der Waals surface area contributed by atoms with E-state index in [0.717, 1.165) is 5.56 Å². The van der Waals surface area contributed by atoms with Gasteiger partial charge in [0.15, 0.2) is 28.0 Å². The maximum Gasteiger partial charge on any atom is 0.320 e. The second kappa shape index (κ2) is 8.61. The van der Waals surface area contributed by atoms with E-state index in [0.29, 0.717) is 41.2 Å². The van der Waals surface area contributed by atoms with Gasteiger partial charge in [-0.1, -0.05) is 24.3 Å². The second-order valence-corrected chi connectivity index (χ2v) is 6.41. The van der Waals surface area contributed by atoms with Gasteiger partial charge in [-0.15, -0.1) is 0 Å². The number of fused-ring (bicyclic) bond motifs is 1. The normalized spacial score (nSPS) is 12.4. The largest absolute Gasteiger partial charge is 0.461 e. The quantitative estimate of drug-likeness (QED) is 0.311. The fraction of sp³-hybridized carbons (Fsp3) is 0.353. The van der Waals surface area contributed by atoms with Crippen molar-refractivity contribution >= 4 is 32.9 Å². The van der Waals surface area contributed by atoms with Gasteiger partial charge in [0.25, 0.3) is 0 Å². The van der Waals surface area contributed by atoms with Crippen LogP contribution in [0.1, 0.15) is 17.4 Å². The van der Waals surface area contributed by atoms with Gasteiger partial charge < -0.3 is 25.1 Å². The molecule has 1 unspecified atom stereocenters. The van der Waals surface area contributed by atoms with Crippen LogP contribution in [-0.2, 0) is 16.0 Å². The zero-order valence-corrected chi connectivity index (χ0v) is 16.5. The highest BCUT2D eigenvalue weighted by Crippen LogP contribution is 2.25. The number of anilines is 1. The van der Waals surface area contributed by atoms with Crippen molar-refractivity contribution in [1.29, 1.82) is 0 Å². The average Bonchev–Trinajstić information content (AvgIpc) is 2.98. The first-order valence-corrected chi connectivity index (χ1v) is 8.93. The van der Waals surface area contributed by atoms with Crippen molar-refractivity contribution in [3.8, 4) is 6.01 Å². The molecule has 0 radical (unpaired) electrons. The zero-order chi connectivity index (χ0) is 19.4. The van der Waals surface area contributed by atoms with Gasteiger partial charge >= 0.3 is 6.01 Å². The molecule has 3 aromatic rings. The second-order valence-electron chi connectivity index (χ2n) is 5.70. The molecule has 1 atom stereocenters. The summed E-state index contributed by atoms with van der Waals surface area (Å²) in [5, 5.41) is 9.71. The van der Waals surface area contributed by atoms with Crippen molar-refractivity contribution in [3.63, 3.8) is 0 Å². The highest BCUT2D eigenvalue weighted by Gasteiger charge is 2.16. The minimum Gasteiger partial charge on any atom is -0.461 e. The number of nitrogens with zero attached hydrogens (tertiary/aromatic N) is 4. The van der Waals surface area contributed by atoms with E-state index in [1.165, 1.54) is 7.11 Å². The van der Waals surface area contributed by atoms with Gasteiger partial charge in [-0.25, -0.2) is 4.98 Å². The number of nitrogen functional groups attached to an aromatic ring is 1. The molecule has 3 N–H and O–H groups in total. The van der Waals surface area contributed by atoms with Crippen LogP contribution < -0.4 is 10.5 Å². The summed E-state index contributed by atoms with van der Waals surface area (Å²) in [4.78, 5) is 12.9. The number of aliphatic hydroxyl groups excluding tert-OH is 1. The third kappa shape index (κ3) is 4.35. The van der Waals surface area contributed by atoms with Gasteiger partial charge in [0.1, 0.15) is 6.61 Å². The molecular weight excluding hydrogens is 418 g/mol. The molecule has 2 heterocycles. The molecule has 0 spiro atoms. The molecule has 144 valence electrons. The van der Waals surface area contributed by atoms with Crippen molar-refractivity contribution in [1.82, 2.24) is 19.5 Å². The minimum atomic E-state index is -0.945. The monoisotopic (exact) mass is 437 g/mol. The van der Waals surface area contributed by atoms with Crippen LogP contribution in [0.2, 0.25) is 0 Å². The van der Waals surface area contributed by atoms with Gasteiger partial charge in [-0.2, -0.15) is 9.97 Å². The number of hydrogen-bond acceptors (Lipinski definition) is 8. The van der Waals surface area contributed by atoms with Crippen LogP contribution >= 0.6 is 15.9 Å². The first kappa shape index (κ1) is 19.5. The van der Waals surface area contributed by atoms with Crippen LogP contribution in [0.25, 0.3) is 11.2 Å². The number of nitrogens with two attached hydrogens (primary N) is 1. The third-order valence-electron chi connectivity index (χ3n) is 3.90. The maximum atomic E-state index is 9.71. The van der Waals surface area contributed by atoms with Crippen LogP contribution in [0.4, 0.5) is 5.82 Å². The molecular formula is C17H20BrN5O4. The van der Waals surface area contributed by atoms with E-state index in [4.69, 9.17) is 19.9 Å². The zero-order valence-electron chi connectivity index (χ0n) is 14.9. The van der Waals surface area contributed by atoms with Crippen molar-refractivity contribution in [2.24, 2.45) is 0 Å². The Balaban J connectivity index is 1.90. The molecule has 9 nitrogen and oxygen atoms in total. The lowest BCUT2D eigenvalue weighted by Crippen LogP contribution is -2.09. The van der Waals surface area contributed by atoms with E-state index in [9.17, 15) is 5.11 Å². The summed E-state index contributed by atoms with van der Waals surface area (Å²) in [6, 6.07) is 7.58. The van der Waals surface area contributed by atoms with Crippen molar-refractivity contribution in [3.05, 3.63) is 40.1 Å². The van der Waals surface area contributed by atoms with Crippen molar-refractivity contribution in [2.75, 3.05) is 33.2 Å². The number of hydrogen-bond donors (Lipinski definition) is 2. The molecule has 27 heavy (non-hydrogen) atoms. The first-order valence-electron chi connectivity index (χ1n) is 8.14. The molecule has 3 rings (SSSR count). The fourth-order valence-electron chi connectivity index (χ4n) is 2.50. The summed E-state index contributed by atoms with van der Waals surface area (Å²) in [6.07, 6.45) is -0.945. The molecule has 1 aromatic carbocycles. The number of rotatable bonds is 8. The number of benzene rings is 1.